The van der Waals surface area contributed by atoms with E-state index in [0.717, 1.165) is 18.7 Å². The van der Waals surface area contributed by atoms with Gasteiger partial charge in [0.15, 0.2) is 0 Å². The summed E-state index contributed by atoms with van der Waals surface area (Å²) in [5.41, 5.74) is 1.05. The minimum atomic E-state index is 0.872. The van der Waals surface area contributed by atoms with Crippen molar-refractivity contribution < 1.29 is 0 Å². The zero-order valence-electron chi connectivity index (χ0n) is 4.39. The van der Waals surface area contributed by atoms with Crippen LogP contribution in [0.5, 0.6) is 0 Å². The van der Waals surface area contributed by atoms with Crippen molar-refractivity contribution in [2.75, 3.05) is 6.54 Å². The third-order valence-corrected chi connectivity index (χ3v) is 0.897. The molecule has 0 aromatic carbocycles. The van der Waals surface area contributed by atoms with E-state index < -0.39 is 0 Å². The van der Waals surface area contributed by atoms with Crippen molar-refractivity contribution in [3.63, 3.8) is 0 Å². The second-order valence-corrected chi connectivity index (χ2v) is 1.60. The lowest BCUT2D eigenvalue weighted by Gasteiger charge is -1.95. The Kier molecular flexibility index (Phi) is 1.20. The van der Waals surface area contributed by atoms with E-state index in [2.05, 4.69) is 16.3 Å². The Hall–Kier alpha value is -0.660. The Morgan fingerprint density at radius 2 is 2.57 bits per heavy atom. The van der Waals surface area contributed by atoms with Crippen molar-refractivity contribution in [1.29, 1.82) is 0 Å². The highest BCUT2D eigenvalue weighted by Crippen LogP contribution is 2.03. The molecule has 1 aliphatic heterocycles. The molecule has 7 heavy (non-hydrogen) atoms. The lowest BCUT2D eigenvalue weighted by molar-refractivity contribution is 0.855. The molecule has 1 heterocycles. The van der Waals surface area contributed by atoms with Crippen molar-refractivity contribution >= 4 is 0 Å². The van der Waals surface area contributed by atoms with Crippen LogP contribution >= 0.6 is 0 Å². The largest absolute Gasteiger partial charge is 0.189 e. The lowest BCUT2D eigenvalue weighted by Crippen LogP contribution is -1.82. The van der Waals surface area contributed by atoms with Gasteiger partial charge in [-0.05, 0) is 13.3 Å². The molecule has 0 saturated heterocycles. The van der Waals surface area contributed by atoms with Gasteiger partial charge in [-0.25, -0.2) is 0 Å². The second kappa shape index (κ2) is 1.87. The molecular formula is C5H8N2. The van der Waals surface area contributed by atoms with Gasteiger partial charge in [-0.2, -0.15) is 10.2 Å². The SMILES string of the molecule is CC1=CCCN=N1. The van der Waals surface area contributed by atoms with Crippen LogP contribution in [0.3, 0.4) is 0 Å². The number of azo groups is 1. The van der Waals surface area contributed by atoms with E-state index in [9.17, 15) is 0 Å². The molecule has 0 unspecified atom stereocenters. The fourth-order valence-corrected chi connectivity index (χ4v) is 0.534. The highest BCUT2D eigenvalue weighted by atomic mass is 15.1. The first kappa shape index (κ1) is 4.50. The topological polar surface area (TPSA) is 24.7 Å². The number of nitrogens with zero attached hydrogens (tertiary/aromatic N) is 2. The molecular weight excluding hydrogens is 88.1 g/mol. The summed E-state index contributed by atoms with van der Waals surface area (Å²) in [6, 6.07) is 0. The summed E-state index contributed by atoms with van der Waals surface area (Å²) in [6.45, 7) is 2.83. The summed E-state index contributed by atoms with van der Waals surface area (Å²) in [5, 5.41) is 7.63. The molecule has 0 radical (unpaired) electrons. The zero-order valence-corrected chi connectivity index (χ0v) is 4.39. The summed E-state index contributed by atoms with van der Waals surface area (Å²) >= 11 is 0. The van der Waals surface area contributed by atoms with E-state index >= 15 is 0 Å². The van der Waals surface area contributed by atoms with Crippen molar-refractivity contribution in [2.24, 2.45) is 10.2 Å². The van der Waals surface area contributed by atoms with Crippen LogP contribution in [0.25, 0.3) is 0 Å². The van der Waals surface area contributed by atoms with Gasteiger partial charge in [0, 0.05) is 0 Å². The predicted molar refractivity (Wildman–Crippen MR) is 28.1 cm³/mol. The van der Waals surface area contributed by atoms with Gasteiger partial charge in [-0.3, -0.25) is 0 Å². The molecule has 0 aromatic rings. The third-order valence-electron chi connectivity index (χ3n) is 0.897. The van der Waals surface area contributed by atoms with Crippen LogP contribution in [0.1, 0.15) is 13.3 Å². The highest BCUT2D eigenvalue weighted by Gasteiger charge is 1.88. The van der Waals surface area contributed by atoms with Gasteiger partial charge >= 0.3 is 0 Å². The van der Waals surface area contributed by atoms with E-state index in [1.54, 1.807) is 0 Å². The fourth-order valence-electron chi connectivity index (χ4n) is 0.534. The Bertz CT molecular complexity index is 113. The van der Waals surface area contributed by atoms with Crippen molar-refractivity contribution in [3.05, 3.63) is 11.8 Å². The molecule has 0 aromatic heterocycles. The summed E-state index contributed by atoms with van der Waals surface area (Å²) < 4.78 is 0. The molecule has 2 nitrogen and oxygen atoms in total. The number of rotatable bonds is 0. The van der Waals surface area contributed by atoms with Crippen LogP contribution in [0.15, 0.2) is 22.0 Å². The fraction of sp³-hybridized carbons (Fsp3) is 0.600. The average molecular weight is 96.1 g/mol. The first-order valence-electron chi connectivity index (χ1n) is 2.44. The van der Waals surface area contributed by atoms with Crippen molar-refractivity contribution in [1.82, 2.24) is 0 Å². The maximum Gasteiger partial charge on any atom is 0.0638 e. The van der Waals surface area contributed by atoms with Gasteiger partial charge in [0.1, 0.15) is 0 Å². The van der Waals surface area contributed by atoms with Gasteiger partial charge in [-0.1, -0.05) is 6.08 Å². The Labute approximate surface area is 43.0 Å². The molecule has 38 valence electrons. The molecule has 0 amide bonds. The number of allylic oxidation sites excluding steroid dienone is 1. The monoisotopic (exact) mass is 96.1 g/mol. The van der Waals surface area contributed by atoms with Crippen LogP contribution in [0, 0.1) is 0 Å². The molecule has 0 fully saturated rings. The van der Waals surface area contributed by atoms with E-state index in [4.69, 9.17) is 0 Å². The third kappa shape index (κ3) is 1.11. The standard InChI is InChI=1S/C5H8N2/c1-5-3-2-4-6-7-5/h3H,2,4H2,1H3. The molecule has 1 aliphatic rings. The first-order valence-corrected chi connectivity index (χ1v) is 2.44. The zero-order chi connectivity index (χ0) is 5.11. The maximum absolute atomic E-state index is 3.82. The van der Waals surface area contributed by atoms with Crippen LogP contribution in [0.2, 0.25) is 0 Å². The summed E-state index contributed by atoms with van der Waals surface area (Å²) in [4.78, 5) is 0. The minimum Gasteiger partial charge on any atom is -0.189 e. The molecule has 2 heteroatoms. The smallest absolute Gasteiger partial charge is 0.0638 e. The van der Waals surface area contributed by atoms with Crippen LogP contribution in [-0.4, -0.2) is 6.54 Å². The Morgan fingerprint density at radius 1 is 1.71 bits per heavy atom. The van der Waals surface area contributed by atoms with E-state index in [0.29, 0.717) is 0 Å². The van der Waals surface area contributed by atoms with Gasteiger partial charge in [0.05, 0.1) is 12.2 Å². The molecule has 1 rings (SSSR count). The maximum atomic E-state index is 3.82. The molecule has 0 atom stereocenters. The normalized spacial score (nSPS) is 19.3. The first-order chi connectivity index (χ1) is 3.39. The second-order valence-electron chi connectivity index (χ2n) is 1.60. The van der Waals surface area contributed by atoms with E-state index in [1.165, 1.54) is 0 Å². The summed E-state index contributed by atoms with van der Waals surface area (Å²) in [5.74, 6) is 0. The number of hydrogen-bond acceptors (Lipinski definition) is 2. The highest BCUT2D eigenvalue weighted by molar-refractivity contribution is 4.96. The van der Waals surface area contributed by atoms with Crippen molar-refractivity contribution in [2.45, 2.75) is 13.3 Å². The molecule has 0 aliphatic carbocycles. The lowest BCUT2D eigenvalue weighted by atomic mass is 10.3. The van der Waals surface area contributed by atoms with Crippen molar-refractivity contribution in [3.8, 4) is 0 Å². The summed E-state index contributed by atoms with van der Waals surface area (Å²) in [7, 11) is 0. The quantitative estimate of drug-likeness (QED) is 0.439. The van der Waals surface area contributed by atoms with Gasteiger partial charge in [0.25, 0.3) is 0 Å². The predicted octanol–water partition coefficient (Wildman–Crippen LogP) is 1.75. The van der Waals surface area contributed by atoms with Crippen LogP contribution in [-0.2, 0) is 0 Å². The average Bonchev–Trinajstić information content (AvgIpc) is 1.69. The van der Waals surface area contributed by atoms with Gasteiger partial charge < -0.3 is 0 Å². The molecule has 0 N–H and O–H groups in total. The van der Waals surface area contributed by atoms with Gasteiger partial charge in [-0.15, -0.1) is 0 Å². The number of hydrogen-bond donors (Lipinski definition) is 0. The Morgan fingerprint density at radius 3 is 2.86 bits per heavy atom. The van der Waals surface area contributed by atoms with E-state index in [1.807, 2.05) is 6.92 Å². The van der Waals surface area contributed by atoms with Crippen LogP contribution in [0.4, 0.5) is 0 Å². The minimum absolute atomic E-state index is 0.872. The molecule has 0 spiro atoms. The Balaban J connectivity index is 2.58. The molecule has 0 saturated carbocycles. The van der Waals surface area contributed by atoms with Gasteiger partial charge in [0.2, 0.25) is 0 Å². The molecule has 0 bridgehead atoms. The van der Waals surface area contributed by atoms with E-state index in [-0.39, 0.29) is 0 Å². The van der Waals surface area contributed by atoms with Crippen LogP contribution < -0.4 is 0 Å². The summed E-state index contributed by atoms with van der Waals surface area (Å²) in [6.07, 6.45) is 3.16.